The van der Waals surface area contributed by atoms with E-state index in [1.807, 2.05) is 12.1 Å². The quantitative estimate of drug-likeness (QED) is 0.865. The Morgan fingerprint density at radius 1 is 1.58 bits per heavy atom. The van der Waals surface area contributed by atoms with Gasteiger partial charge in [-0.3, -0.25) is 0 Å². The second-order valence-corrected chi connectivity index (χ2v) is 3.67. The number of unbranched alkanes of at least 4 members (excludes halogenated alkanes) is 1. The van der Waals surface area contributed by atoms with Crippen LogP contribution in [0.15, 0.2) is 21.2 Å². The second-order valence-electron chi connectivity index (χ2n) is 2.89. The van der Waals surface area contributed by atoms with E-state index < -0.39 is 0 Å². The highest BCUT2D eigenvalue weighted by molar-refractivity contribution is 9.10. The summed E-state index contributed by atoms with van der Waals surface area (Å²) in [5.74, 6) is 0.871. The number of hydrogen-bond acceptors (Lipinski definition) is 2. The minimum Gasteiger partial charge on any atom is -0.453 e. The Morgan fingerprint density at radius 3 is 2.83 bits per heavy atom. The Bertz CT molecular complexity index is 234. The normalized spacial score (nSPS) is 13.2. The lowest BCUT2D eigenvalue weighted by atomic mass is 10.1. The molecule has 1 aromatic rings. The molecule has 0 saturated heterocycles. The lowest BCUT2D eigenvalue weighted by Crippen LogP contribution is -2.08. The lowest BCUT2D eigenvalue weighted by Gasteiger charge is -2.06. The fraction of sp³-hybridized carbons (Fsp3) is 0.556. The number of furan rings is 1. The van der Waals surface area contributed by atoms with E-state index in [-0.39, 0.29) is 6.04 Å². The molecule has 0 bridgehead atoms. The molecule has 0 fully saturated rings. The van der Waals surface area contributed by atoms with Crippen LogP contribution >= 0.6 is 15.9 Å². The van der Waals surface area contributed by atoms with Gasteiger partial charge < -0.3 is 10.2 Å². The molecule has 12 heavy (non-hydrogen) atoms. The van der Waals surface area contributed by atoms with Gasteiger partial charge in [-0.2, -0.15) is 0 Å². The van der Waals surface area contributed by atoms with E-state index in [0.29, 0.717) is 0 Å². The van der Waals surface area contributed by atoms with E-state index in [9.17, 15) is 0 Å². The summed E-state index contributed by atoms with van der Waals surface area (Å²) in [4.78, 5) is 0. The smallest absolute Gasteiger partial charge is 0.169 e. The summed E-state index contributed by atoms with van der Waals surface area (Å²) < 4.78 is 6.09. The second kappa shape index (κ2) is 4.67. The van der Waals surface area contributed by atoms with Crippen molar-refractivity contribution in [1.82, 2.24) is 0 Å². The molecule has 0 aromatic carbocycles. The summed E-state index contributed by atoms with van der Waals surface area (Å²) >= 11 is 3.25. The van der Waals surface area contributed by atoms with Crippen molar-refractivity contribution >= 4 is 15.9 Å². The van der Waals surface area contributed by atoms with Crippen LogP contribution in [0.4, 0.5) is 0 Å². The van der Waals surface area contributed by atoms with Gasteiger partial charge in [0, 0.05) is 0 Å². The Balaban J connectivity index is 2.47. The first-order chi connectivity index (χ1) is 5.74. The monoisotopic (exact) mass is 231 g/mol. The van der Waals surface area contributed by atoms with E-state index in [2.05, 4.69) is 22.9 Å². The zero-order chi connectivity index (χ0) is 8.97. The minimum absolute atomic E-state index is 0.0521. The van der Waals surface area contributed by atoms with Crippen LogP contribution in [0.5, 0.6) is 0 Å². The summed E-state index contributed by atoms with van der Waals surface area (Å²) in [7, 11) is 0. The first-order valence-electron chi connectivity index (χ1n) is 4.25. The molecule has 0 saturated carbocycles. The molecule has 0 amide bonds. The van der Waals surface area contributed by atoms with Gasteiger partial charge >= 0.3 is 0 Å². The van der Waals surface area contributed by atoms with Crippen molar-refractivity contribution < 1.29 is 4.42 Å². The largest absolute Gasteiger partial charge is 0.453 e. The molecule has 0 spiro atoms. The highest BCUT2D eigenvalue weighted by Crippen LogP contribution is 2.22. The SMILES string of the molecule is CCCC[C@@H](N)c1ccc(Br)o1. The highest BCUT2D eigenvalue weighted by atomic mass is 79.9. The van der Waals surface area contributed by atoms with Crippen molar-refractivity contribution in [3.05, 3.63) is 22.6 Å². The molecule has 0 aliphatic carbocycles. The molecule has 2 N–H and O–H groups in total. The standard InChI is InChI=1S/C9H14BrNO/c1-2-3-4-7(11)8-5-6-9(10)12-8/h5-7H,2-4,11H2,1H3/t7-/m1/s1. The molecular weight excluding hydrogens is 218 g/mol. The van der Waals surface area contributed by atoms with Gasteiger partial charge in [0.25, 0.3) is 0 Å². The molecular formula is C9H14BrNO. The molecule has 2 nitrogen and oxygen atoms in total. The molecule has 0 aliphatic heterocycles. The molecule has 0 aliphatic rings. The van der Waals surface area contributed by atoms with Gasteiger partial charge in [-0.1, -0.05) is 19.8 Å². The average Bonchev–Trinajstić information content (AvgIpc) is 2.47. The Hall–Kier alpha value is -0.280. The summed E-state index contributed by atoms with van der Waals surface area (Å²) in [5, 5.41) is 0. The van der Waals surface area contributed by atoms with Crippen molar-refractivity contribution in [3.63, 3.8) is 0 Å². The van der Waals surface area contributed by atoms with Gasteiger partial charge in [0.1, 0.15) is 5.76 Å². The molecule has 68 valence electrons. The summed E-state index contributed by atoms with van der Waals surface area (Å²) in [6, 6.07) is 3.85. The summed E-state index contributed by atoms with van der Waals surface area (Å²) in [5.41, 5.74) is 5.88. The molecule has 3 heteroatoms. The molecule has 1 rings (SSSR count). The predicted octanol–water partition coefficient (Wildman–Crippen LogP) is 3.23. The van der Waals surface area contributed by atoms with Crippen molar-refractivity contribution in [2.75, 3.05) is 0 Å². The van der Waals surface area contributed by atoms with Crippen LogP contribution in [0.25, 0.3) is 0 Å². The van der Waals surface area contributed by atoms with Crippen molar-refractivity contribution in [3.8, 4) is 0 Å². The lowest BCUT2D eigenvalue weighted by molar-refractivity contribution is 0.431. The summed E-state index contributed by atoms with van der Waals surface area (Å²) in [6.07, 6.45) is 3.32. The Labute approximate surface area is 81.3 Å². The van der Waals surface area contributed by atoms with E-state index >= 15 is 0 Å². The van der Waals surface area contributed by atoms with E-state index in [0.717, 1.165) is 23.3 Å². The number of hydrogen-bond donors (Lipinski definition) is 1. The van der Waals surface area contributed by atoms with Crippen LogP contribution in [0.3, 0.4) is 0 Å². The third-order valence-corrected chi connectivity index (χ3v) is 2.25. The third-order valence-electron chi connectivity index (χ3n) is 1.83. The van der Waals surface area contributed by atoms with Crippen LogP contribution in [-0.2, 0) is 0 Å². The topological polar surface area (TPSA) is 39.2 Å². The van der Waals surface area contributed by atoms with Crippen LogP contribution in [-0.4, -0.2) is 0 Å². The zero-order valence-corrected chi connectivity index (χ0v) is 8.80. The molecule has 1 aromatic heterocycles. The van der Waals surface area contributed by atoms with Gasteiger partial charge in [-0.25, -0.2) is 0 Å². The summed E-state index contributed by atoms with van der Waals surface area (Å²) in [6.45, 7) is 2.16. The van der Waals surface area contributed by atoms with Crippen molar-refractivity contribution in [2.45, 2.75) is 32.2 Å². The maximum absolute atomic E-state index is 5.88. The first-order valence-corrected chi connectivity index (χ1v) is 5.04. The third kappa shape index (κ3) is 2.64. The van der Waals surface area contributed by atoms with Crippen LogP contribution in [0.1, 0.15) is 38.0 Å². The van der Waals surface area contributed by atoms with E-state index in [1.165, 1.54) is 6.42 Å². The van der Waals surface area contributed by atoms with Gasteiger partial charge in [0.05, 0.1) is 6.04 Å². The van der Waals surface area contributed by atoms with Crippen LogP contribution < -0.4 is 5.73 Å². The minimum atomic E-state index is 0.0521. The molecule has 1 heterocycles. The van der Waals surface area contributed by atoms with Crippen molar-refractivity contribution in [2.24, 2.45) is 5.73 Å². The molecule has 0 unspecified atom stereocenters. The highest BCUT2D eigenvalue weighted by Gasteiger charge is 2.08. The first kappa shape index (κ1) is 9.81. The van der Waals surface area contributed by atoms with Gasteiger partial charge in [-0.05, 0) is 34.5 Å². The molecule has 1 atom stereocenters. The van der Waals surface area contributed by atoms with Gasteiger partial charge in [-0.15, -0.1) is 0 Å². The number of rotatable bonds is 4. The van der Waals surface area contributed by atoms with Crippen molar-refractivity contribution in [1.29, 1.82) is 0 Å². The Kier molecular flexibility index (Phi) is 3.82. The number of nitrogens with two attached hydrogens (primary N) is 1. The van der Waals surface area contributed by atoms with E-state index in [1.54, 1.807) is 0 Å². The van der Waals surface area contributed by atoms with Crippen LogP contribution in [0.2, 0.25) is 0 Å². The van der Waals surface area contributed by atoms with E-state index in [4.69, 9.17) is 10.2 Å². The fourth-order valence-electron chi connectivity index (χ4n) is 1.09. The molecule has 0 radical (unpaired) electrons. The average molecular weight is 232 g/mol. The van der Waals surface area contributed by atoms with Gasteiger partial charge in [0.2, 0.25) is 0 Å². The van der Waals surface area contributed by atoms with Crippen LogP contribution in [0, 0.1) is 0 Å². The zero-order valence-electron chi connectivity index (χ0n) is 7.22. The maximum atomic E-state index is 5.88. The Morgan fingerprint density at radius 2 is 2.33 bits per heavy atom. The fourth-order valence-corrected chi connectivity index (χ4v) is 1.41. The van der Waals surface area contributed by atoms with Gasteiger partial charge in [0.15, 0.2) is 4.67 Å². The number of halogens is 1. The predicted molar refractivity (Wildman–Crippen MR) is 52.9 cm³/mol. The maximum Gasteiger partial charge on any atom is 0.169 e.